The molecule has 15 heavy (non-hydrogen) atoms. The molecule has 0 atom stereocenters. The molecular formula is C12H17FN2. The highest BCUT2D eigenvalue weighted by atomic mass is 19.1. The maximum atomic E-state index is 13.4. The van der Waals surface area contributed by atoms with E-state index in [2.05, 4.69) is 5.10 Å². The van der Waals surface area contributed by atoms with Crippen molar-refractivity contribution < 1.29 is 4.39 Å². The Morgan fingerprint density at radius 1 is 1.33 bits per heavy atom. The lowest BCUT2D eigenvalue weighted by Gasteiger charge is -1.99. The van der Waals surface area contributed by atoms with Crippen LogP contribution in [0, 0.1) is 12.7 Å². The van der Waals surface area contributed by atoms with Gasteiger partial charge in [-0.2, -0.15) is 5.10 Å². The van der Waals surface area contributed by atoms with Gasteiger partial charge in [0.2, 0.25) is 0 Å². The number of rotatable bonds is 1. The summed E-state index contributed by atoms with van der Waals surface area (Å²) in [6.07, 6.45) is 2.69. The molecule has 0 aliphatic carbocycles. The van der Waals surface area contributed by atoms with Gasteiger partial charge in [-0.25, -0.2) is 8.91 Å². The van der Waals surface area contributed by atoms with Crippen LogP contribution in [-0.4, -0.2) is 9.61 Å². The maximum absolute atomic E-state index is 13.4. The molecule has 0 aliphatic rings. The Hall–Kier alpha value is -1.38. The van der Waals surface area contributed by atoms with Crippen LogP contribution < -0.4 is 0 Å². The minimum Gasteiger partial charge on any atom is -0.237 e. The van der Waals surface area contributed by atoms with Crippen molar-refractivity contribution in [1.82, 2.24) is 9.61 Å². The average Bonchev–Trinajstić information content (AvgIpc) is 2.62. The van der Waals surface area contributed by atoms with E-state index in [9.17, 15) is 4.39 Å². The molecule has 3 heteroatoms. The lowest BCUT2D eigenvalue weighted by Crippen LogP contribution is -1.93. The number of pyridine rings is 1. The summed E-state index contributed by atoms with van der Waals surface area (Å²) >= 11 is 0. The van der Waals surface area contributed by atoms with E-state index in [-0.39, 0.29) is 5.82 Å². The molecule has 0 radical (unpaired) electrons. The highest BCUT2D eigenvalue weighted by Gasteiger charge is 2.04. The van der Waals surface area contributed by atoms with E-state index in [1.807, 2.05) is 33.9 Å². The highest BCUT2D eigenvalue weighted by molar-refractivity contribution is 5.49. The first-order valence-corrected chi connectivity index (χ1v) is 5.35. The molecule has 0 saturated carbocycles. The molecule has 2 aromatic heterocycles. The second kappa shape index (κ2) is 4.91. The normalized spacial score (nSPS) is 9.93. The molecular weight excluding hydrogens is 191 g/mol. The van der Waals surface area contributed by atoms with Gasteiger partial charge in [0, 0.05) is 6.20 Å². The van der Waals surface area contributed by atoms with Gasteiger partial charge in [-0.05, 0) is 31.0 Å². The van der Waals surface area contributed by atoms with Gasteiger partial charge in [-0.1, -0.05) is 20.8 Å². The van der Waals surface area contributed by atoms with Crippen LogP contribution in [0.2, 0.25) is 0 Å². The van der Waals surface area contributed by atoms with E-state index in [1.54, 1.807) is 16.6 Å². The number of hydrogen-bond donors (Lipinski definition) is 0. The first-order chi connectivity index (χ1) is 7.20. The van der Waals surface area contributed by atoms with Crippen molar-refractivity contribution in [3.8, 4) is 0 Å². The summed E-state index contributed by atoms with van der Waals surface area (Å²) in [5.41, 5.74) is 2.36. The topological polar surface area (TPSA) is 17.3 Å². The molecule has 2 nitrogen and oxygen atoms in total. The van der Waals surface area contributed by atoms with E-state index >= 15 is 0 Å². The predicted molar refractivity (Wildman–Crippen MR) is 60.6 cm³/mol. The Kier molecular flexibility index (Phi) is 3.83. The van der Waals surface area contributed by atoms with Crippen LogP contribution in [-0.2, 0) is 6.42 Å². The lowest BCUT2D eigenvalue weighted by atomic mass is 10.2. The molecule has 0 aliphatic heterocycles. The van der Waals surface area contributed by atoms with E-state index in [0.717, 1.165) is 17.7 Å². The molecule has 2 aromatic rings. The van der Waals surface area contributed by atoms with Gasteiger partial charge in [0.1, 0.15) is 11.3 Å². The number of hydrogen-bond acceptors (Lipinski definition) is 1. The second-order valence-electron chi connectivity index (χ2n) is 3.17. The Bertz CT molecular complexity index is 446. The number of fused-ring (bicyclic) bond motifs is 1. The van der Waals surface area contributed by atoms with Crippen molar-refractivity contribution in [3.63, 3.8) is 0 Å². The van der Waals surface area contributed by atoms with Crippen LogP contribution in [0.4, 0.5) is 4.39 Å². The molecule has 2 heterocycles. The van der Waals surface area contributed by atoms with Crippen LogP contribution in [0.3, 0.4) is 0 Å². The minimum atomic E-state index is -0.194. The van der Waals surface area contributed by atoms with Gasteiger partial charge in [-0.3, -0.25) is 0 Å². The molecule has 0 aromatic carbocycles. The molecule has 0 spiro atoms. The van der Waals surface area contributed by atoms with Gasteiger partial charge in [-0.15, -0.1) is 0 Å². The Labute approximate surface area is 89.7 Å². The fraction of sp³-hybridized carbons (Fsp3) is 0.417. The fourth-order valence-electron chi connectivity index (χ4n) is 1.42. The van der Waals surface area contributed by atoms with Crippen LogP contribution in [0.5, 0.6) is 0 Å². The van der Waals surface area contributed by atoms with E-state index in [4.69, 9.17) is 0 Å². The SMILES string of the molecule is CC.CCc1cc(F)c2cc(C)nn2c1. The number of halogens is 1. The summed E-state index contributed by atoms with van der Waals surface area (Å²) in [5, 5.41) is 4.16. The molecule has 2 rings (SSSR count). The van der Waals surface area contributed by atoms with Gasteiger partial charge >= 0.3 is 0 Å². The Morgan fingerprint density at radius 3 is 2.60 bits per heavy atom. The average molecular weight is 208 g/mol. The zero-order chi connectivity index (χ0) is 11.4. The van der Waals surface area contributed by atoms with E-state index in [0.29, 0.717) is 5.52 Å². The molecule has 0 amide bonds. The van der Waals surface area contributed by atoms with Crippen molar-refractivity contribution in [2.75, 3.05) is 0 Å². The van der Waals surface area contributed by atoms with Crippen LogP contribution >= 0.6 is 0 Å². The fourth-order valence-corrected chi connectivity index (χ4v) is 1.42. The first-order valence-electron chi connectivity index (χ1n) is 5.35. The van der Waals surface area contributed by atoms with Crippen molar-refractivity contribution in [1.29, 1.82) is 0 Å². The van der Waals surface area contributed by atoms with Gasteiger partial charge in [0.25, 0.3) is 0 Å². The molecule has 0 N–H and O–H groups in total. The monoisotopic (exact) mass is 208 g/mol. The van der Waals surface area contributed by atoms with Gasteiger partial charge < -0.3 is 0 Å². The summed E-state index contributed by atoms with van der Waals surface area (Å²) in [6, 6.07) is 3.31. The molecule has 0 bridgehead atoms. The quantitative estimate of drug-likeness (QED) is 0.702. The van der Waals surface area contributed by atoms with Crippen LogP contribution in [0.25, 0.3) is 5.52 Å². The summed E-state index contributed by atoms with van der Waals surface area (Å²) in [6.45, 7) is 7.86. The zero-order valence-corrected chi connectivity index (χ0v) is 9.71. The van der Waals surface area contributed by atoms with Crippen LogP contribution in [0.1, 0.15) is 32.0 Å². The molecule has 0 saturated heterocycles. The van der Waals surface area contributed by atoms with Gasteiger partial charge in [0.15, 0.2) is 0 Å². The molecule has 0 fully saturated rings. The molecule has 0 unspecified atom stereocenters. The van der Waals surface area contributed by atoms with Crippen LogP contribution in [0.15, 0.2) is 18.3 Å². The summed E-state index contributed by atoms with van der Waals surface area (Å²) < 4.78 is 15.0. The van der Waals surface area contributed by atoms with E-state index in [1.165, 1.54) is 0 Å². The zero-order valence-electron chi connectivity index (χ0n) is 9.71. The molecule has 82 valence electrons. The third-order valence-electron chi connectivity index (χ3n) is 2.11. The summed E-state index contributed by atoms with van der Waals surface area (Å²) in [4.78, 5) is 0. The largest absolute Gasteiger partial charge is 0.237 e. The predicted octanol–water partition coefficient (Wildman–Crippen LogP) is 3.37. The number of aryl methyl sites for hydroxylation is 2. The first kappa shape index (κ1) is 11.7. The number of nitrogens with zero attached hydrogens (tertiary/aromatic N) is 2. The minimum absolute atomic E-state index is 0.194. The summed E-state index contributed by atoms with van der Waals surface area (Å²) in [5.74, 6) is -0.194. The second-order valence-corrected chi connectivity index (χ2v) is 3.17. The highest BCUT2D eigenvalue weighted by Crippen LogP contribution is 2.13. The standard InChI is InChI=1S/C10H11FN2.C2H6/c1-3-8-5-9(11)10-4-7(2)12-13(10)6-8;1-2/h4-6H,3H2,1-2H3;1-2H3. The summed E-state index contributed by atoms with van der Waals surface area (Å²) in [7, 11) is 0. The van der Waals surface area contributed by atoms with Crippen molar-refractivity contribution in [3.05, 3.63) is 35.4 Å². The third-order valence-corrected chi connectivity index (χ3v) is 2.11. The lowest BCUT2D eigenvalue weighted by molar-refractivity contribution is 0.627. The Morgan fingerprint density at radius 2 is 2.00 bits per heavy atom. The Balaban J connectivity index is 0.000000531. The van der Waals surface area contributed by atoms with Gasteiger partial charge in [0.05, 0.1) is 5.69 Å². The smallest absolute Gasteiger partial charge is 0.149 e. The van der Waals surface area contributed by atoms with Crippen molar-refractivity contribution in [2.45, 2.75) is 34.1 Å². The maximum Gasteiger partial charge on any atom is 0.149 e. The third kappa shape index (κ3) is 2.35. The van der Waals surface area contributed by atoms with Crippen molar-refractivity contribution in [2.24, 2.45) is 0 Å². The van der Waals surface area contributed by atoms with E-state index < -0.39 is 0 Å². The van der Waals surface area contributed by atoms with Crippen molar-refractivity contribution >= 4 is 5.52 Å². The number of aromatic nitrogens is 2.